The minimum absolute atomic E-state index is 0.0721. The molecule has 1 saturated heterocycles. The quantitative estimate of drug-likeness (QED) is 0.404. The Labute approximate surface area is 73.9 Å². The van der Waals surface area contributed by atoms with E-state index < -0.39 is 26.0 Å². The van der Waals surface area contributed by atoms with Crippen LogP contribution in [0.15, 0.2) is 0 Å². The third-order valence-electron chi connectivity index (χ3n) is 1.92. The number of rotatable bonds is 1. The number of hydrogen-bond donors (Lipinski definition) is 0. The summed E-state index contributed by atoms with van der Waals surface area (Å²) in [6, 6.07) is 0. The summed E-state index contributed by atoms with van der Waals surface area (Å²) in [6.45, 7) is 1.23. The summed E-state index contributed by atoms with van der Waals surface area (Å²) in [4.78, 5) is 4.40. The average molecular weight is 277 g/mol. The first-order valence-electron chi connectivity index (χ1n) is 3.64. The summed E-state index contributed by atoms with van der Waals surface area (Å²) >= 11 is -0.966. The van der Waals surface area contributed by atoms with Crippen LogP contribution >= 0.6 is 20.1 Å². The summed E-state index contributed by atoms with van der Waals surface area (Å²) < 4.78 is 27.5. The van der Waals surface area contributed by atoms with E-state index in [-0.39, 0.29) is 12.8 Å². The molecule has 0 spiro atoms. The fourth-order valence-corrected chi connectivity index (χ4v) is 3.56. The molecule has 0 aromatic rings. The SMILES string of the molecule is CI(C)N1CCC(F)(F)CC1. The van der Waals surface area contributed by atoms with Crippen molar-refractivity contribution in [1.82, 2.24) is 3.11 Å². The number of piperidine rings is 1. The molecule has 0 aliphatic carbocycles. The van der Waals surface area contributed by atoms with Crippen molar-refractivity contribution in [3.63, 3.8) is 0 Å². The number of alkyl halides is 4. The molecule has 0 radical (unpaired) electrons. The predicted molar refractivity (Wildman–Crippen MR) is 51.6 cm³/mol. The zero-order valence-corrected chi connectivity index (χ0v) is 9.07. The molecule has 4 heteroatoms. The second-order valence-corrected chi connectivity index (χ2v) is 8.43. The second kappa shape index (κ2) is 3.51. The summed E-state index contributed by atoms with van der Waals surface area (Å²) in [5.41, 5.74) is 0. The van der Waals surface area contributed by atoms with Gasteiger partial charge in [0.25, 0.3) is 0 Å². The molecule has 68 valence electrons. The molecule has 0 unspecified atom stereocenters. The van der Waals surface area contributed by atoms with E-state index >= 15 is 0 Å². The van der Waals surface area contributed by atoms with Crippen LogP contribution in [0.1, 0.15) is 12.8 Å². The van der Waals surface area contributed by atoms with E-state index in [2.05, 4.69) is 13.0 Å². The van der Waals surface area contributed by atoms with Crippen LogP contribution in [-0.4, -0.2) is 32.0 Å². The van der Waals surface area contributed by atoms with E-state index in [1.54, 1.807) is 0 Å². The van der Waals surface area contributed by atoms with Gasteiger partial charge in [-0.1, -0.05) is 0 Å². The van der Waals surface area contributed by atoms with Crippen LogP contribution in [-0.2, 0) is 0 Å². The van der Waals surface area contributed by atoms with Gasteiger partial charge in [0.15, 0.2) is 0 Å². The summed E-state index contributed by atoms with van der Waals surface area (Å²) in [5, 5.41) is 0. The molecule has 1 aliphatic rings. The van der Waals surface area contributed by atoms with Crippen LogP contribution in [0.3, 0.4) is 0 Å². The molecule has 1 aliphatic heterocycles. The zero-order valence-electron chi connectivity index (χ0n) is 6.91. The van der Waals surface area contributed by atoms with E-state index in [9.17, 15) is 8.78 Å². The molecule has 11 heavy (non-hydrogen) atoms. The van der Waals surface area contributed by atoms with Gasteiger partial charge in [0, 0.05) is 0 Å². The Balaban J connectivity index is 2.36. The number of halogens is 3. The summed E-state index contributed by atoms with van der Waals surface area (Å²) in [7, 11) is 0. The van der Waals surface area contributed by atoms with Gasteiger partial charge in [-0.2, -0.15) is 0 Å². The van der Waals surface area contributed by atoms with E-state index in [0.29, 0.717) is 13.1 Å². The van der Waals surface area contributed by atoms with Crippen LogP contribution in [0.2, 0.25) is 0 Å². The van der Waals surface area contributed by atoms with Crippen molar-refractivity contribution in [2.24, 2.45) is 0 Å². The van der Waals surface area contributed by atoms with Gasteiger partial charge in [-0.25, -0.2) is 0 Å². The second-order valence-electron chi connectivity index (χ2n) is 2.98. The van der Waals surface area contributed by atoms with Gasteiger partial charge >= 0.3 is 73.7 Å². The van der Waals surface area contributed by atoms with Gasteiger partial charge in [-0.15, -0.1) is 0 Å². The van der Waals surface area contributed by atoms with Gasteiger partial charge < -0.3 is 0 Å². The van der Waals surface area contributed by atoms with Crippen molar-refractivity contribution in [3.05, 3.63) is 0 Å². The maximum atomic E-state index is 12.6. The van der Waals surface area contributed by atoms with Gasteiger partial charge in [0.2, 0.25) is 0 Å². The molecule has 0 atom stereocenters. The molecular weight excluding hydrogens is 263 g/mol. The first-order valence-corrected chi connectivity index (χ1v) is 8.92. The van der Waals surface area contributed by atoms with E-state index in [1.807, 2.05) is 0 Å². The Hall–Kier alpha value is 0.550. The molecule has 0 saturated carbocycles. The molecule has 1 nitrogen and oxygen atoms in total. The molecular formula is C7H14F2IN. The van der Waals surface area contributed by atoms with Crippen molar-refractivity contribution in [2.75, 3.05) is 23.0 Å². The summed E-state index contributed by atoms with van der Waals surface area (Å²) in [5.74, 6) is -2.37. The van der Waals surface area contributed by atoms with Crippen molar-refractivity contribution in [1.29, 1.82) is 0 Å². The third-order valence-corrected chi connectivity index (χ3v) is 5.61. The van der Waals surface area contributed by atoms with E-state index in [1.165, 1.54) is 0 Å². The van der Waals surface area contributed by atoms with Crippen LogP contribution in [0, 0.1) is 0 Å². The zero-order chi connectivity index (χ0) is 8.48. The molecule has 0 bridgehead atoms. The fourth-order valence-electron chi connectivity index (χ4n) is 1.14. The van der Waals surface area contributed by atoms with Crippen molar-refractivity contribution in [2.45, 2.75) is 18.8 Å². The number of nitrogens with zero attached hydrogens (tertiary/aromatic N) is 1. The Morgan fingerprint density at radius 3 is 2.00 bits per heavy atom. The Bertz CT molecular complexity index is 128. The van der Waals surface area contributed by atoms with E-state index in [0.717, 1.165) is 0 Å². The van der Waals surface area contributed by atoms with Crippen LogP contribution in [0.4, 0.5) is 8.78 Å². The Morgan fingerprint density at radius 2 is 1.64 bits per heavy atom. The first-order chi connectivity index (χ1) is 5.01. The Kier molecular flexibility index (Phi) is 3.08. The first kappa shape index (κ1) is 9.64. The topological polar surface area (TPSA) is 3.24 Å². The molecule has 1 heterocycles. The van der Waals surface area contributed by atoms with Gasteiger partial charge in [-0.05, 0) is 0 Å². The predicted octanol–water partition coefficient (Wildman–Crippen LogP) is 2.40. The summed E-state index contributed by atoms with van der Waals surface area (Å²) in [6.07, 6.45) is 0.144. The van der Waals surface area contributed by atoms with Crippen LogP contribution in [0.25, 0.3) is 0 Å². The van der Waals surface area contributed by atoms with Gasteiger partial charge in [0.1, 0.15) is 0 Å². The van der Waals surface area contributed by atoms with Crippen molar-refractivity contribution in [3.8, 4) is 0 Å². The van der Waals surface area contributed by atoms with Crippen molar-refractivity contribution >= 4 is 20.1 Å². The molecule has 0 aromatic carbocycles. The molecule has 1 fully saturated rings. The molecule has 0 aromatic heterocycles. The Morgan fingerprint density at radius 1 is 1.18 bits per heavy atom. The fraction of sp³-hybridized carbons (Fsp3) is 1.00. The molecule has 0 amide bonds. The molecule has 0 N–H and O–H groups in total. The van der Waals surface area contributed by atoms with Gasteiger partial charge in [0.05, 0.1) is 0 Å². The molecule has 1 rings (SSSR count). The monoisotopic (exact) mass is 277 g/mol. The maximum absolute atomic E-state index is 12.6. The third kappa shape index (κ3) is 2.82. The normalized spacial score (nSPS) is 26.7. The van der Waals surface area contributed by atoms with E-state index in [4.69, 9.17) is 0 Å². The minimum atomic E-state index is -2.37. The van der Waals surface area contributed by atoms with Crippen LogP contribution < -0.4 is 0 Å². The standard InChI is InChI=1S/C7H14F2IN/c1-10(2)11-5-3-7(8,9)4-6-11/h3-6H2,1-2H3. The average Bonchev–Trinajstić information content (AvgIpc) is 1.86. The van der Waals surface area contributed by atoms with Crippen LogP contribution in [0.5, 0.6) is 0 Å². The van der Waals surface area contributed by atoms with Crippen molar-refractivity contribution < 1.29 is 8.78 Å². The van der Waals surface area contributed by atoms with Gasteiger partial charge in [-0.3, -0.25) is 0 Å². The number of hydrogen-bond acceptors (Lipinski definition) is 1.